The molecule has 0 aliphatic rings. The summed E-state index contributed by atoms with van der Waals surface area (Å²) in [5.41, 5.74) is 0.331. The smallest absolute Gasteiger partial charge is 0.431 e. The van der Waals surface area contributed by atoms with Crippen LogP contribution < -0.4 is 5.06 Å². The monoisotopic (exact) mass is 201 g/mol. The Kier molecular flexibility index (Phi) is 3.54. The number of alkyl halides is 1. The van der Waals surface area contributed by atoms with Gasteiger partial charge in [0.2, 0.25) is 0 Å². The minimum absolute atomic E-state index is 0.289. The summed E-state index contributed by atoms with van der Waals surface area (Å²) in [6.45, 7) is 0. The third kappa shape index (κ3) is 2.61. The Balaban J connectivity index is 2.68. The van der Waals surface area contributed by atoms with Crippen LogP contribution in [0.1, 0.15) is 0 Å². The molecule has 0 fully saturated rings. The standard InChI is InChI=1S/C8H8ClNO3/c9-6-13-8(11)10(12)7-4-2-1-3-5-7/h1-5,12H,6H2. The number of amides is 1. The quantitative estimate of drug-likeness (QED) is 0.454. The first-order chi connectivity index (χ1) is 6.25. The van der Waals surface area contributed by atoms with Crippen LogP contribution in [0.5, 0.6) is 0 Å². The van der Waals surface area contributed by atoms with Crippen LogP contribution in [0.4, 0.5) is 10.5 Å². The van der Waals surface area contributed by atoms with Gasteiger partial charge in [-0.25, -0.2) is 4.79 Å². The van der Waals surface area contributed by atoms with Crippen LogP contribution in [0.15, 0.2) is 30.3 Å². The Morgan fingerprint density at radius 2 is 2.08 bits per heavy atom. The summed E-state index contributed by atoms with van der Waals surface area (Å²) in [7, 11) is 0. The maximum Gasteiger partial charge on any atom is 0.439 e. The molecule has 0 unspecified atom stereocenters. The van der Waals surface area contributed by atoms with Gasteiger partial charge in [-0.3, -0.25) is 5.21 Å². The zero-order valence-corrected chi connectivity index (χ0v) is 7.44. The summed E-state index contributed by atoms with van der Waals surface area (Å²) in [5, 5.41) is 9.61. The molecule has 0 aliphatic carbocycles. The highest BCUT2D eigenvalue weighted by atomic mass is 35.5. The van der Waals surface area contributed by atoms with E-state index in [0.717, 1.165) is 0 Å². The highest BCUT2D eigenvalue weighted by Gasteiger charge is 2.12. The van der Waals surface area contributed by atoms with E-state index in [-0.39, 0.29) is 6.07 Å². The Labute approximate surface area is 80.2 Å². The van der Waals surface area contributed by atoms with Gasteiger partial charge in [0.1, 0.15) is 0 Å². The molecule has 0 heterocycles. The van der Waals surface area contributed by atoms with Crippen molar-refractivity contribution < 1.29 is 14.7 Å². The molecule has 1 aromatic rings. The van der Waals surface area contributed by atoms with Gasteiger partial charge in [0.05, 0.1) is 5.69 Å². The maximum atomic E-state index is 10.9. The summed E-state index contributed by atoms with van der Waals surface area (Å²) in [6, 6.07) is 7.98. The van der Waals surface area contributed by atoms with Crippen LogP contribution in [-0.2, 0) is 4.74 Å². The van der Waals surface area contributed by atoms with Crippen LogP contribution >= 0.6 is 11.6 Å². The lowest BCUT2D eigenvalue weighted by molar-refractivity contribution is 0.135. The van der Waals surface area contributed by atoms with E-state index in [9.17, 15) is 10.0 Å². The number of carbonyl (C=O) groups excluding carboxylic acids is 1. The fourth-order valence-electron chi connectivity index (χ4n) is 0.782. The van der Waals surface area contributed by atoms with Gasteiger partial charge in [0.25, 0.3) is 0 Å². The van der Waals surface area contributed by atoms with Crippen molar-refractivity contribution in [2.45, 2.75) is 0 Å². The van der Waals surface area contributed by atoms with E-state index in [1.807, 2.05) is 0 Å². The second-order valence-electron chi connectivity index (χ2n) is 2.17. The Morgan fingerprint density at radius 1 is 1.46 bits per heavy atom. The molecule has 4 nitrogen and oxygen atoms in total. The van der Waals surface area contributed by atoms with Gasteiger partial charge in [-0.05, 0) is 12.1 Å². The number of ether oxygens (including phenoxy) is 1. The maximum absolute atomic E-state index is 10.9. The molecule has 0 radical (unpaired) electrons. The summed E-state index contributed by atoms with van der Waals surface area (Å²) < 4.78 is 4.36. The highest BCUT2D eigenvalue weighted by molar-refractivity contribution is 6.17. The fraction of sp³-hybridized carbons (Fsp3) is 0.125. The van der Waals surface area contributed by atoms with Crippen molar-refractivity contribution in [3.05, 3.63) is 30.3 Å². The minimum Gasteiger partial charge on any atom is -0.431 e. The number of carbonyl (C=O) groups is 1. The predicted molar refractivity (Wildman–Crippen MR) is 47.9 cm³/mol. The largest absolute Gasteiger partial charge is 0.439 e. The summed E-state index contributed by atoms with van der Waals surface area (Å²) >= 11 is 5.15. The van der Waals surface area contributed by atoms with E-state index < -0.39 is 6.09 Å². The number of rotatable bonds is 2. The van der Waals surface area contributed by atoms with Gasteiger partial charge >= 0.3 is 6.09 Å². The molecule has 0 bridgehead atoms. The van der Waals surface area contributed by atoms with Crippen molar-refractivity contribution in [1.29, 1.82) is 0 Å². The first-order valence-electron chi connectivity index (χ1n) is 3.52. The third-order valence-electron chi connectivity index (χ3n) is 1.35. The van der Waals surface area contributed by atoms with Gasteiger partial charge in [0, 0.05) is 0 Å². The number of hydroxylamine groups is 1. The van der Waals surface area contributed by atoms with Gasteiger partial charge in [-0.2, -0.15) is 5.06 Å². The molecule has 1 amide bonds. The van der Waals surface area contributed by atoms with Crippen LogP contribution in [0, 0.1) is 0 Å². The van der Waals surface area contributed by atoms with Crippen molar-refractivity contribution in [3.8, 4) is 0 Å². The van der Waals surface area contributed by atoms with Crippen molar-refractivity contribution in [1.82, 2.24) is 0 Å². The molecule has 1 aromatic carbocycles. The molecule has 0 aromatic heterocycles. The van der Waals surface area contributed by atoms with Crippen LogP contribution in [0.2, 0.25) is 0 Å². The lowest BCUT2D eigenvalue weighted by Crippen LogP contribution is -2.27. The average Bonchev–Trinajstić information content (AvgIpc) is 2.18. The first kappa shape index (κ1) is 9.83. The number of hydrogen-bond acceptors (Lipinski definition) is 3. The minimum atomic E-state index is -0.902. The molecule has 0 saturated carbocycles. The Morgan fingerprint density at radius 3 is 2.62 bits per heavy atom. The number of halogens is 1. The van der Waals surface area contributed by atoms with Crippen LogP contribution in [-0.4, -0.2) is 17.4 Å². The zero-order chi connectivity index (χ0) is 9.68. The molecular formula is C8H8ClNO3. The molecule has 70 valence electrons. The van der Waals surface area contributed by atoms with E-state index in [4.69, 9.17) is 11.6 Å². The molecule has 0 atom stereocenters. The molecule has 1 N–H and O–H groups in total. The number of benzene rings is 1. The van der Waals surface area contributed by atoms with E-state index >= 15 is 0 Å². The van der Waals surface area contributed by atoms with Crippen LogP contribution in [0.25, 0.3) is 0 Å². The molecule has 0 aliphatic heterocycles. The normalized spacial score (nSPS) is 9.38. The number of anilines is 1. The van der Waals surface area contributed by atoms with E-state index in [1.54, 1.807) is 30.3 Å². The first-order valence-corrected chi connectivity index (χ1v) is 4.06. The van der Waals surface area contributed by atoms with Crippen LogP contribution in [0.3, 0.4) is 0 Å². The molecule has 1 rings (SSSR count). The lowest BCUT2D eigenvalue weighted by atomic mass is 10.3. The topological polar surface area (TPSA) is 49.8 Å². The van der Waals surface area contributed by atoms with Crippen molar-refractivity contribution >= 4 is 23.4 Å². The molecule has 5 heteroatoms. The van der Waals surface area contributed by atoms with Gasteiger partial charge < -0.3 is 4.74 Å². The Bertz CT molecular complexity index is 278. The van der Waals surface area contributed by atoms with E-state index in [2.05, 4.69) is 4.74 Å². The van der Waals surface area contributed by atoms with Gasteiger partial charge in [-0.1, -0.05) is 29.8 Å². The molecule has 13 heavy (non-hydrogen) atoms. The van der Waals surface area contributed by atoms with Crippen molar-refractivity contribution in [2.24, 2.45) is 0 Å². The second-order valence-corrected chi connectivity index (χ2v) is 2.38. The van der Waals surface area contributed by atoms with E-state index in [1.165, 1.54) is 0 Å². The SMILES string of the molecule is O=C(OCCl)N(O)c1ccccc1. The fourth-order valence-corrected chi connectivity index (χ4v) is 0.876. The van der Waals surface area contributed by atoms with E-state index in [0.29, 0.717) is 10.8 Å². The molecule has 0 spiro atoms. The van der Waals surface area contributed by atoms with Gasteiger partial charge in [-0.15, -0.1) is 0 Å². The number of hydrogen-bond donors (Lipinski definition) is 1. The predicted octanol–water partition coefficient (Wildman–Crippen LogP) is 2.22. The highest BCUT2D eigenvalue weighted by Crippen LogP contribution is 2.11. The zero-order valence-electron chi connectivity index (χ0n) is 6.68. The van der Waals surface area contributed by atoms with Crippen molar-refractivity contribution in [2.75, 3.05) is 11.1 Å². The summed E-state index contributed by atoms with van der Waals surface area (Å²) in [4.78, 5) is 10.9. The number of nitrogens with zero attached hydrogens (tertiary/aromatic N) is 1. The molecular weight excluding hydrogens is 194 g/mol. The second kappa shape index (κ2) is 4.69. The van der Waals surface area contributed by atoms with Crippen molar-refractivity contribution in [3.63, 3.8) is 0 Å². The number of para-hydroxylation sites is 1. The third-order valence-corrected chi connectivity index (χ3v) is 1.46. The average molecular weight is 202 g/mol. The summed E-state index contributed by atoms with van der Waals surface area (Å²) in [6.07, 6.45) is -0.902. The lowest BCUT2D eigenvalue weighted by Gasteiger charge is -2.12. The molecule has 0 saturated heterocycles. The summed E-state index contributed by atoms with van der Waals surface area (Å²) in [5.74, 6) is 0. The van der Waals surface area contributed by atoms with Gasteiger partial charge in [0.15, 0.2) is 6.07 Å². The Hall–Kier alpha value is -1.26.